The Bertz CT molecular complexity index is 167. The highest BCUT2D eigenvalue weighted by Gasteiger charge is 2.21. The molecular formula is C8H16N2O3. The van der Waals surface area contributed by atoms with Gasteiger partial charge in [0.2, 0.25) is 0 Å². The van der Waals surface area contributed by atoms with Crippen molar-refractivity contribution in [1.82, 2.24) is 10.6 Å². The molecule has 0 bridgehead atoms. The zero-order valence-electron chi connectivity index (χ0n) is 7.75. The number of aliphatic hydroxyl groups excluding tert-OH is 1. The third kappa shape index (κ3) is 3.71. The Labute approximate surface area is 77.5 Å². The van der Waals surface area contributed by atoms with Crippen molar-refractivity contribution in [2.24, 2.45) is 0 Å². The van der Waals surface area contributed by atoms with Crippen molar-refractivity contribution in [3.05, 3.63) is 0 Å². The van der Waals surface area contributed by atoms with Crippen LogP contribution in [0.3, 0.4) is 0 Å². The van der Waals surface area contributed by atoms with Crippen molar-refractivity contribution in [1.29, 1.82) is 0 Å². The Balaban J connectivity index is 2.21. The van der Waals surface area contributed by atoms with Crippen molar-refractivity contribution in [2.75, 3.05) is 26.2 Å². The molecular weight excluding hydrogens is 172 g/mol. The molecule has 0 spiro atoms. The maximum Gasteiger partial charge on any atom is 0.250 e. The van der Waals surface area contributed by atoms with Gasteiger partial charge >= 0.3 is 0 Å². The molecule has 1 aliphatic rings. The average Bonchev–Trinajstić information content (AvgIpc) is 2.15. The molecule has 1 rings (SSSR count). The number of hydrogen-bond acceptors (Lipinski definition) is 4. The zero-order chi connectivity index (χ0) is 9.68. The predicted molar refractivity (Wildman–Crippen MR) is 47.3 cm³/mol. The van der Waals surface area contributed by atoms with Crippen molar-refractivity contribution in [3.8, 4) is 0 Å². The first-order chi connectivity index (χ1) is 6.20. The van der Waals surface area contributed by atoms with Crippen LogP contribution in [0, 0.1) is 0 Å². The summed E-state index contributed by atoms with van der Waals surface area (Å²) in [6.45, 7) is 3.80. The van der Waals surface area contributed by atoms with Crippen molar-refractivity contribution in [3.63, 3.8) is 0 Å². The minimum absolute atomic E-state index is 0.159. The van der Waals surface area contributed by atoms with Gasteiger partial charge in [0.25, 0.3) is 5.91 Å². The van der Waals surface area contributed by atoms with Crippen LogP contribution in [0.15, 0.2) is 0 Å². The quantitative estimate of drug-likeness (QED) is 0.502. The minimum Gasteiger partial charge on any atom is -0.392 e. The van der Waals surface area contributed by atoms with E-state index in [1.807, 2.05) is 0 Å². The summed E-state index contributed by atoms with van der Waals surface area (Å²) in [6.07, 6.45) is -0.923. The summed E-state index contributed by atoms with van der Waals surface area (Å²) >= 11 is 0. The smallest absolute Gasteiger partial charge is 0.250 e. The third-order valence-corrected chi connectivity index (χ3v) is 1.79. The van der Waals surface area contributed by atoms with Gasteiger partial charge in [-0.05, 0) is 6.92 Å². The molecule has 0 aromatic heterocycles. The number of amides is 1. The first-order valence-electron chi connectivity index (χ1n) is 4.48. The molecule has 2 atom stereocenters. The van der Waals surface area contributed by atoms with E-state index in [4.69, 9.17) is 9.84 Å². The van der Waals surface area contributed by atoms with Crippen molar-refractivity contribution >= 4 is 5.91 Å². The fourth-order valence-corrected chi connectivity index (χ4v) is 1.10. The van der Waals surface area contributed by atoms with Crippen LogP contribution < -0.4 is 10.6 Å². The van der Waals surface area contributed by atoms with Crippen LogP contribution in [0.25, 0.3) is 0 Å². The molecule has 3 N–H and O–H groups in total. The lowest BCUT2D eigenvalue weighted by Gasteiger charge is -2.22. The van der Waals surface area contributed by atoms with Gasteiger partial charge in [-0.3, -0.25) is 4.79 Å². The number of carbonyl (C=O) groups is 1. The van der Waals surface area contributed by atoms with Gasteiger partial charge in [-0.25, -0.2) is 0 Å². The van der Waals surface area contributed by atoms with Gasteiger partial charge < -0.3 is 20.5 Å². The van der Waals surface area contributed by atoms with E-state index in [1.165, 1.54) is 0 Å². The number of carbonyl (C=O) groups excluding carboxylic acids is 1. The lowest BCUT2D eigenvalue weighted by Crippen LogP contribution is -2.48. The van der Waals surface area contributed by atoms with Crippen LogP contribution in [0.2, 0.25) is 0 Å². The second kappa shape index (κ2) is 5.16. The summed E-state index contributed by atoms with van der Waals surface area (Å²) in [5.41, 5.74) is 0. The Morgan fingerprint density at radius 2 is 2.62 bits per heavy atom. The topological polar surface area (TPSA) is 70.6 Å². The number of rotatable bonds is 3. The fourth-order valence-electron chi connectivity index (χ4n) is 1.10. The highest BCUT2D eigenvalue weighted by Crippen LogP contribution is 1.95. The number of hydrogen-bond donors (Lipinski definition) is 3. The van der Waals surface area contributed by atoms with Crippen molar-refractivity contribution < 1.29 is 14.6 Å². The molecule has 1 saturated heterocycles. The van der Waals surface area contributed by atoms with Crippen LogP contribution in [0.4, 0.5) is 0 Å². The molecule has 1 aliphatic heterocycles. The minimum atomic E-state index is -0.513. The molecule has 1 fully saturated rings. The molecule has 1 amide bonds. The molecule has 0 saturated carbocycles. The van der Waals surface area contributed by atoms with Crippen LogP contribution in [0.1, 0.15) is 6.92 Å². The lowest BCUT2D eigenvalue weighted by molar-refractivity contribution is -0.134. The van der Waals surface area contributed by atoms with Crippen LogP contribution in [-0.4, -0.2) is 49.5 Å². The second-order valence-electron chi connectivity index (χ2n) is 3.16. The molecule has 0 aliphatic carbocycles. The summed E-state index contributed by atoms with van der Waals surface area (Å²) in [4.78, 5) is 11.3. The van der Waals surface area contributed by atoms with Gasteiger partial charge in [-0.2, -0.15) is 0 Å². The molecule has 1 heterocycles. The molecule has 0 aromatic rings. The summed E-state index contributed by atoms with van der Waals surface area (Å²) in [6, 6.07) is 0. The highest BCUT2D eigenvalue weighted by atomic mass is 16.5. The number of aliphatic hydroxyl groups is 1. The van der Waals surface area contributed by atoms with Gasteiger partial charge in [0.15, 0.2) is 0 Å². The Hall–Kier alpha value is -0.650. The molecule has 5 nitrogen and oxygen atoms in total. The summed E-state index contributed by atoms with van der Waals surface area (Å²) in [5, 5.41) is 14.6. The van der Waals surface area contributed by atoms with Crippen LogP contribution in [0.5, 0.6) is 0 Å². The van der Waals surface area contributed by atoms with E-state index in [0.29, 0.717) is 13.2 Å². The normalized spacial score (nSPS) is 25.2. The highest BCUT2D eigenvalue weighted by molar-refractivity contribution is 5.81. The zero-order valence-corrected chi connectivity index (χ0v) is 7.75. The molecule has 0 radical (unpaired) electrons. The van der Waals surface area contributed by atoms with E-state index < -0.39 is 12.2 Å². The Morgan fingerprint density at radius 1 is 1.85 bits per heavy atom. The van der Waals surface area contributed by atoms with E-state index in [-0.39, 0.29) is 12.5 Å². The number of ether oxygens (including phenoxy) is 1. The van der Waals surface area contributed by atoms with Gasteiger partial charge in [0.05, 0.1) is 12.7 Å². The van der Waals surface area contributed by atoms with E-state index in [0.717, 1.165) is 6.54 Å². The fraction of sp³-hybridized carbons (Fsp3) is 0.875. The molecule has 5 heteroatoms. The first kappa shape index (κ1) is 10.4. The Kier molecular flexibility index (Phi) is 4.14. The Morgan fingerprint density at radius 3 is 3.15 bits per heavy atom. The second-order valence-corrected chi connectivity index (χ2v) is 3.16. The van der Waals surface area contributed by atoms with Crippen molar-refractivity contribution in [2.45, 2.75) is 19.1 Å². The molecule has 1 unspecified atom stereocenters. The summed E-state index contributed by atoms with van der Waals surface area (Å²) in [7, 11) is 0. The number of morpholine rings is 1. The predicted octanol–water partition coefficient (Wildman–Crippen LogP) is -1.53. The van der Waals surface area contributed by atoms with E-state index in [1.54, 1.807) is 6.92 Å². The first-order valence-corrected chi connectivity index (χ1v) is 4.48. The van der Waals surface area contributed by atoms with Gasteiger partial charge in [-0.15, -0.1) is 0 Å². The van der Waals surface area contributed by atoms with Crippen LogP contribution in [-0.2, 0) is 9.53 Å². The van der Waals surface area contributed by atoms with Gasteiger partial charge in [-0.1, -0.05) is 0 Å². The van der Waals surface area contributed by atoms with E-state index in [2.05, 4.69) is 10.6 Å². The average molecular weight is 188 g/mol. The molecule has 13 heavy (non-hydrogen) atoms. The standard InChI is InChI=1S/C8H16N2O3/c1-6(11)4-10-8(12)7-5-9-2-3-13-7/h6-7,9,11H,2-5H2,1H3,(H,10,12)/t6-,7?/m0/s1. The lowest BCUT2D eigenvalue weighted by atomic mass is 10.3. The summed E-state index contributed by atoms with van der Waals surface area (Å²) in [5.74, 6) is -0.159. The number of nitrogens with one attached hydrogen (secondary N) is 2. The maximum atomic E-state index is 11.3. The summed E-state index contributed by atoms with van der Waals surface area (Å²) < 4.78 is 5.22. The SMILES string of the molecule is C[C@H](O)CNC(=O)C1CNCCO1. The van der Waals surface area contributed by atoms with E-state index in [9.17, 15) is 4.79 Å². The van der Waals surface area contributed by atoms with Gasteiger partial charge in [0.1, 0.15) is 6.10 Å². The van der Waals surface area contributed by atoms with E-state index >= 15 is 0 Å². The third-order valence-electron chi connectivity index (χ3n) is 1.79. The van der Waals surface area contributed by atoms with Gasteiger partial charge in [0, 0.05) is 19.6 Å². The molecule has 0 aromatic carbocycles. The maximum absolute atomic E-state index is 11.3. The largest absolute Gasteiger partial charge is 0.392 e. The van der Waals surface area contributed by atoms with Crippen LogP contribution >= 0.6 is 0 Å². The molecule has 76 valence electrons. The monoisotopic (exact) mass is 188 g/mol.